The Balaban J connectivity index is 1.61. The van der Waals surface area contributed by atoms with Gasteiger partial charge >= 0.3 is 0 Å². The summed E-state index contributed by atoms with van der Waals surface area (Å²) < 4.78 is 1.77. The maximum Gasteiger partial charge on any atom is 0.263 e. The van der Waals surface area contributed by atoms with Crippen LogP contribution < -0.4 is 10.9 Å². The molecule has 6 heteroatoms. The van der Waals surface area contributed by atoms with E-state index in [0.29, 0.717) is 28.8 Å². The van der Waals surface area contributed by atoms with Crippen molar-refractivity contribution < 1.29 is 4.79 Å². The normalized spacial score (nSPS) is 15.4. The number of pyridine rings is 1. The topological polar surface area (TPSA) is 57.6 Å². The Morgan fingerprint density at radius 3 is 2.00 bits per heavy atom. The van der Waals surface area contributed by atoms with Crippen molar-refractivity contribution in [3.05, 3.63) is 112 Å². The molecule has 0 unspecified atom stereocenters. The molecule has 6 nitrogen and oxygen atoms in total. The third-order valence-electron chi connectivity index (χ3n) is 7.81. The first-order chi connectivity index (χ1) is 19.5. The first-order valence-electron chi connectivity index (χ1n) is 14.5. The molecule has 1 fully saturated rings. The zero-order valence-corrected chi connectivity index (χ0v) is 23.8. The molecule has 0 aliphatic carbocycles. The average Bonchev–Trinajstić information content (AvgIpc) is 2.98. The van der Waals surface area contributed by atoms with E-state index in [1.165, 1.54) is 0 Å². The summed E-state index contributed by atoms with van der Waals surface area (Å²) in [5, 5.41) is 4.57. The Bertz CT molecular complexity index is 1490. The van der Waals surface area contributed by atoms with Gasteiger partial charge in [-0.2, -0.15) is 0 Å². The van der Waals surface area contributed by atoms with Gasteiger partial charge in [-0.05, 0) is 36.1 Å². The van der Waals surface area contributed by atoms with Gasteiger partial charge in [-0.25, -0.2) is 0 Å². The molecule has 3 aromatic carbocycles. The quantitative estimate of drug-likeness (QED) is 0.301. The fourth-order valence-electron chi connectivity index (χ4n) is 5.85. The maximum absolute atomic E-state index is 14.3. The summed E-state index contributed by atoms with van der Waals surface area (Å²) in [4.78, 5) is 33.2. The van der Waals surface area contributed by atoms with Gasteiger partial charge in [0, 0.05) is 55.7 Å². The molecule has 1 N–H and O–H groups in total. The smallest absolute Gasteiger partial charge is 0.263 e. The van der Waals surface area contributed by atoms with Crippen LogP contribution in [0.5, 0.6) is 0 Å². The third-order valence-corrected chi connectivity index (χ3v) is 7.81. The van der Waals surface area contributed by atoms with Crippen molar-refractivity contribution in [2.75, 3.05) is 32.7 Å². The van der Waals surface area contributed by atoms with Crippen LogP contribution in [0, 0.1) is 5.92 Å². The molecule has 1 aromatic heterocycles. The molecule has 0 radical (unpaired) electrons. The minimum absolute atomic E-state index is 0.0955. The van der Waals surface area contributed by atoms with Crippen LogP contribution in [-0.4, -0.2) is 53.0 Å². The summed E-state index contributed by atoms with van der Waals surface area (Å²) in [7, 11) is 0. The minimum Gasteiger partial charge on any atom is -0.345 e. The van der Waals surface area contributed by atoms with Crippen molar-refractivity contribution in [3.63, 3.8) is 0 Å². The molecule has 1 aliphatic heterocycles. The summed E-state index contributed by atoms with van der Waals surface area (Å²) >= 11 is 0. The predicted octanol–water partition coefficient (Wildman–Crippen LogP) is 5.65. The van der Waals surface area contributed by atoms with E-state index in [1.807, 2.05) is 72.8 Å². The first kappa shape index (κ1) is 27.8. The van der Waals surface area contributed by atoms with Gasteiger partial charge < -0.3 is 10.2 Å². The Kier molecular flexibility index (Phi) is 8.78. The van der Waals surface area contributed by atoms with Crippen molar-refractivity contribution in [3.8, 4) is 5.69 Å². The van der Waals surface area contributed by atoms with Crippen molar-refractivity contribution in [1.29, 1.82) is 0 Å². The largest absolute Gasteiger partial charge is 0.345 e. The number of carbonyl (C=O) groups is 1. The van der Waals surface area contributed by atoms with Crippen LogP contribution in [0.2, 0.25) is 0 Å². The van der Waals surface area contributed by atoms with Crippen molar-refractivity contribution in [2.24, 2.45) is 5.92 Å². The highest BCUT2D eigenvalue weighted by Crippen LogP contribution is 2.26. The lowest BCUT2D eigenvalue weighted by molar-refractivity contribution is 0.0929. The number of amides is 1. The minimum atomic E-state index is -0.148. The van der Waals surface area contributed by atoms with Crippen LogP contribution in [0.1, 0.15) is 54.8 Å². The monoisotopic (exact) mass is 536 g/mol. The molecule has 40 heavy (non-hydrogen) atoms. The summed E-state index contributed by atoms with van der Waals surface area (Å²) in [5.41, 5.74) is 3.07. The summed E-state index contributed by atoms with van der Waals surface area (Å²) in [5.74, 6) is 0.478. The third kappa shape index (κ3) is 6.03. The average molecular weight is 537 g/mol. The number of fused-ring (bicyclic) bond motifs is 1. The van der Waals surface area contributed by atoms with Gasteiger partial charge in [0.1, 0.15) is 0 Å². The second kappa shape index (κ2) is 12.6. The summed E-state index contributed by atoms with van der Waals surface area (Å²) in [6.45, 7) is 12.0. The molecule has 1 atom stereocenters. The molecule has 0 spiro atoms. The van der Waals surface area contributed by atoms with E-state index in [1.54, 1.807) is 4.57 Å². The SMILES string of the molecule is CC[C@H](NC(=O)c1c(CN2CCN(CC(C)C)CC2)n(-c2ccccc2)c(=O)c2ccccc12)c1ccccc1. The Hall–Kier alpha value is -3.74. The second-order valence-corrected chi connectivity index (χ2v) is 11.2. The van der Waals surface area contributed by atoms with E-state index >= 15 is 0 Å². The Morgan fingerprint density at radius 2 is 1.38 bits per heavy atom. The van der Waals surface area contributed by atoms with Crippen LogP contribution in [-0.2, 0) is 6.54 Å². The highest BCUT2D eigenvalue weighted by Gasteiger charge is 2.27. The number of hydrogen-bond donors (Lipinski definition) is 1. The van der Waals surface area contributed by atoms with E-state index in [0.717, 1.165) is 56.1 Å². The first-order valence-corrected chi connectivity index (χ1v) is 14.5. The number of aromatic nitrogens is 1. The number of para-hydroxylation sites is 1. The molecule has 0 saturated carbocycles. The van der Waals surface area contributed by atoms with E-state index in [2.05, 4.69) is 48.0 Å². The van der Waals surface area contributed by atoms with Crippen molar-refractivity contribution in [2.45, 2.75) is 39.8 Å². The number of rotatable bonds is 9. The van der Waals surface area contributed by atoms with Crippen molar-refractivity contribution >= 4 is 16.7 Å². The van der Waals surface area contributed by atoms with E-state index in [4.69, 9.17) is 0 Å². The number of benzene rings is 3. The van der Waals surface area contributed by atoms with Gasteiger partial charge in [0.2, 0.25) is 0 Å². The number of carbonyl (C=O) groups excluding carboxylic acids is 1. The molecular formula is C34H40N4O2. The molecule has 1 amide bonds. The van der Waals surface area contributed by atoms with Crippen LogP contribution in [0.3, 0.4) is 0 Å². The second-order valence-electron chi connectivity index (χ2n) is 11.2. The van der Waals surface area contributed by atoms with Gasteiger partial charge in [-0.3, -0.25) is 19.1 Å². The highest BCUT2D eigenvalue weighted by molar-refractivity contribution is 6.08. The van der Waals surface area contributed by atoms with E-state index in [9.17, 15) is 9.59 Å². The molecule has 2 heterocycles. The lowest BCUT2D eigenvalue weighted by Gasteiger charge is -2.36. The van der Waals surface area contributed by atoms with Gasteiger partial charge in [0.15, 0.2) is 0 Å². The summed E-state index contributed by atoms with van der Waals surface area (Å²) in [6.07, 6.45) is 0.763. The number of nitrogens with zero attached hydrogens (tertiary/aromatic N) is 3. The lowest BCUT2D eigenvalue weighted by atomic mass is 9.99. The summed E-state index contributed by atoms with van der Waals surface area (Å²) in [6, 6.07) is 27.2. The zero-order chi connectivity index (χ0) is 28.1. The molecule has 1 aliphatic rings. The predicted molar refractivity (Wildman–Crippen MR) is 163 cm³/mol. The number of hydrogen-bond acceptors (Lipinski definition) is 4. The van der Waals surface area contributed by atoms with Gasteiger partial charge in [0.05, 0.1) is 17.3 Å². The Labute approximate surface area is 237 Å². The van der Waals surface area contributed by atoms with Crippen LogP contribution >= 0.6 is 0 Å². The molecule has 5 rings (SSSR count). The fourth-order valence-corrected chi connectivity index (χ4v) is 5.85. The highest BCUT2D eigenvalue weighted by atomic mass is 16.2. The molecular weight excluding hydrogens is 496 g/mol. The maximum atomic E-state index is 14.3. The van der Waals surface area contributed by atoms with Crippen LogP contribution in [0.25, 0.3) is 16.5 Å². The lowest BCUT2D eigenvalue weighted by Crippen LogP contribution is -2.47. The standard InChI is InChI=1S/C34H40N4O2/c1-4-30(26-13-7-5-8-14-26)35-33(39)32-28-17-11-12-18-29(28)34(40)38(27-15-9-6-10-16-27)31(32)24-37-21-19-36(20-22-37)23-25(2)3/h5-18,25,30H,4,19-24H2,1-3H3,(H,35,39)/t30-/m0/s1. The van der Waals surface area contributed by atoms with Crippen LogP contribution in [0.15, 0.2) is 89.7 Å². The fraction of sp³-hybridized carbons (Fsp3) is 0.353. The number of nitrogens with one attached hydrogen (secondary N) is 1. The molecule has 4 aromatic rings. The molecule has 208 valence electrons. The molecule has 1 saturated heterocycles. The van der Waals surface area contributed by atoms with Crippen molar-refractivity contribution in [1.82, 2.24) is 19.7 Å². The van der Waals surface area contributed by atoms with Gasteiger partial charge in [-0.1, -0.05) is 87.5 Å². The Morgan fingerprint density at radius 1 is 0.800 bits per heavy atom. The van der Waals surface area contributed by atoms with Gasteiger partial charge in [0.25, 0.3) is 11.5 Å². The molecule has 0 bridgehead atoms. The zero-order valence-electron chi connectivity index (χ0n) is 23.8. The number of piperazine rings is 1. The van der Waals surface area contributed by atoms with Crippen LogP contribution in [0.4, 0.5) is 0 Å². The van der Waals surface area contributed by atoms with E-state index < -0.39 is 0 Å². The van der Waals surface area contributed by atoms with E-state index in [-0.39, 0.29) is 17.5 Å². The van der Waals surface area contributed by atoms with Gasteiger partial charge in [-0.15, -0.1) is 0 Å².